The van der Waals surface area contributed by atoms with Gasteiger partial charge in [0.05, 0.1) is 0 Å². The molecule has 4 nitrogen and oxygen atoms in total. The summed E-state index contributed by atoms with van der Waals surface area (Å²) < 4.78 is 0. The van der Waals surface area contributed by atoms with Crippen molar-refractivity contribution >= 4 is 6.29 Å². The molecule has 0 saturated heterocycles. The summed E-state index contributed by atoms with van der Waals surface area (Å²) in [5.41, 5.74) is 0. The van der Waals surface area contributed by atoms with Crippen molar-refractivity contribution < 1.29 is 20.1 Å². The highest BCUT2D eigenvalue weighted by molar-refractivity contribution is 5.72. The van der Waals surface area contributed by atoms with E-state index in [4.69, 9.17) is 15.3 Å². The van der Waals surface area contributed by atoms with Crippen LogP contribution in [0.4, 0.5) is 0 Å². The molecule has 0 heterocycles. The third-order valence-electron chi connectivity index (χ3n) is 0.299. The zero-order valence-electron chi connectivity index (χ0n) is 3.83. The van der Waals surface area contributed by atoms with Crippen molar-refractivity contribution in [3.63, 3.8) is 0 Å². The van der Waals surface area contributed by atoms with Crippen LogP contribution in [-0.2, 0) is 4.79 Å². The van der Waals surface area contributed by atoms with Gasteiger partial charge < -0.3 is 15.3 Å². The Labute approximate surface area is 45.4 Å². The van der Waals surface area contributed by atoms with Crippen LogP contribution in [0.25, 0.3) is 0 Å². The highest BCUT2D eigenvalue weighted by Gasteiger charge is 2.11. The van der Waals surface area contributed by atoms with Crippen LogP contribution in [0.5, 0.6) is 0 Å². The van der Waals surface area contributed by atoms with E-state index in [0.29, 0.717) is 0 Å². The second-order valence-corrected chi connectivity index (χ2v) is 1.02. The van der Waals surface area contributed by atoms with Gasteiger partial charge in [-0.2, -0.15) is 0 Å². The zero-order chi connectivity index (χ0) is 6.62. The lowest BCUT2D eigenvalue weighted by atomic mass is 10.5. The van der Waals surface area contributed by atoms with Crippen molar-refractivity contribution in [3.8, 4) is 11.8 Å². The third-order valence-corrected chi connectivity index (χ3v) is 0.299. The van der Waals surface area contributed by atoms with Crippen LogP contribution in [0.3, 0.4) is 0 Å². The number of carbonyl (C=O) groups is 1. The average molecular weight is 116 g/mol. The van der Waals surface area contributed by atoms with E-state index in [1.54, 1.807) is 5.92 Å². The van der Waals surface area contributed by atoms with E-state index in [9.17, 15) is 4.79 Å². The molecule has 0 radical (unpaired) electrons. The number of hydrogen-bond acceptors (Lipinski definition) is 4. The topological polar surface area (TPSA) is 77.8 Å². The van der Waals surface area contributed by atoms with Gasteiger partial charge in [-0.1, -0.05) is 0 Å². The quantitative estimate of drug-likeness (QED) is 0.191. The van der Waals surface area contributed by atoms with E-state index < -0.39 is 5.97 Å². The van der Waals surface area contributed by atoms with Crippen LogP contribution < -0.4 is 0 Å². The first-order valence-electron chi connectivity index (χ1n) is 1.70. The fourth-order valence-electron chi connectivity index (χ4n) is 0.126. The van der Waals surface area contributed by atoms with Crippen LogP contribution in [0.2, 0.25) is 0 Å². The molecule has 0 amide bonds. The molecule has 0 bridgehead atoms. The van der Waals surface area contributed by atoms with Crippen molar-refractivity contribution in [1.82, 2.24) is 0 Å². The lowest BCUT2D eigenvalue weighted by Gasteiger charge is -2.01. The Morgan fingerprint density at radius 1 is 1.38 bits per heavy atom. The fraction of sp³-hybridized carbons (Fsp3) is 0.250. The normalized spacial score (nSPS) is 9.38. The minimum absolute atomic E-state index is 0.136. The van der Waals surface area contributed by atoms with Gasteiger partial charge in [0.2, 0.25) is 0 Å². The first-order chi connectivity index (χ1) is 3.56. The predicted octanol–water partition coefficient (Wildman–Crippen LogP) is -2.18. The molecule has 0 aliphatic carbocycles. The van der Waals surface area contributed by atoms with Crippen molar-refractivity contribution in [2.24, 2.45) is 0 Å². The van der Waals surface area contributed by atoms with Crippen molar-refractivity contribution in [2.45, 2.75) is 5.97 Å². The molecular weight excluding hydrogens is 112 g/mol. The van der Waals surface area contributed by atoms with E-state index in [1.165, 1.54) is 5.92 Å². The average Bonchev–Trinajstić information content (AvgIpc) is 1.59. The monoisotopic (exact) mass is 116 g/mol. The van der Waals surface area contributed by atoms with Crippen LogP contribution in [0.1, 0.15) is 0 Å². The molecule has 0 unspecified atom stereocenters. The second-order valence-electron chi connectivity index (χ2n) is 1.02. The van der Waals surface area contributed by atoms with E-state index in [0.717, 1.165) is 0 Å². The van der Waals surface area contributed by atoms with Gasteiger partial charge in [-0.15, -0.1) is 0 Å². The molecule has 0 spiro atoms. The van der Waals surface area contributed by atoms with Gasteiger partial charge in [-0.25, -0.2) is 0 Å². The molecule has 0 aliphatic rings. The van der Waals surface area contributed by atoms with E-state index in [1.807, 2.05) is 0 Å². The second kappa shape index (κ2) is 2.43. The van der Waals surface area contributed by atoms with E-state index in [2.05, 4.69) is 0 Å². The van der Waals surface area contributed by atoms with Crippen molar-refractivity contribution in [2.75, 3.05) is 0 Å². The Bertz CT molecular complexity index is 132. The molecule has 3 N–H and O–H groups in total. The Morgan fingerprint density at radius 3 is 2.00 bits per heavy atom. The molecule has 0 rings (SSSR count). The maximum absolute atomic E-state index is 9.34. The number of carbonyl (C=O) groups excluding carboxylic acids is 1. The molecule has 0 aromatic heterocycles. The molecule has 0 aromatic carbocycles. The highest BCUT2D eigenvalue weighted by atomic mass is 16.7. The summed E-state index contributed by atoms with van der Waals surface area (Å²) in [5.74, 6) is -0.0130. The smallest absolute Gasteiger partial charge is 0.333 e. The van der Waals surface area contributed by atoms with Crippen LogP contribution in [-0.4, -0.2) is 27.6 Å². The minimum atomic E-state index is -3.04. The van der Waals surface area contributed by atoms with Crippen molar-refractivity contribution in [3.05, 3.63) is 0 Å². The summed E-state index contributed by atoms with van der Waals surface area (Å²) in [6.07, 6.45) is 0.136. The number of aliphatic hydroxyl groups is 3. The first kappa shape index (κ1) is 7.11. The van der Waals surface area contributed by atoms with Gasteiger partial charge in [-0.05, 0) is 5.92 Å². The lowest BCUT2D eigenvalue weighted by Crippen LogP contribution is -2.24. The molecule has 8 heavy (non-hydrogen) atoms. The summed E-state index contributed by atoms with van der Waals surface area (Å²) >= 11 is 0. The summed E-state index contributed by atoms with van der Waals surface area (Å²) in [7, 11) is 0. The molecule has 0 aliphatic heterocycles. The molecule has 4 heteroatoms. The summed E-state index contributed by atoms with van der Waals surface area (Å²) in [5, 5.41) is 23.8. The van der Waals surface area contributed by atoms with Crippen LogP contribution in [0, 0.1) is 11.8 Å². The Balaban J connectivity index is 3.87. The van der Waals surface area contributed by atoms with E-state index in [-0.39, 0.29) is 6.29 Å². The molecular formula is C4H4O4. The van der Waals surface area contributed by atoms with Gasteiger partial charge in [0.15, 0.2) is 6.29 Å². The predicted molar refractivity (Wildman–Crippen MR) is 23.2 cm³/mol. The molecule has 0 saturated carbocycles. The maximum atomic E-state index is 9.34. The van der Waals surface area contributed by atoms with Crippen LogP contribution >= 0.6 is 0 Å². The Kier molecular flexibility index (Phi) is 2.16. The fourth-order valence-corrected chi connectivity index (χ4v) is 0.126. The number of rotatable bonds is 0. The summed E-state index contributed by atoms with van der Waals surface area (Å²) in [6, 6.07) is 0. The van der Waals surface area contributed by atoms with Gasteiger partial charge in [0, 0.05) is 5.92 Å². The summed E-state index contributed by atoms with van der Waals surface area (Å²) in [4.78, 5) is 9.34. The molecule has 44 valence electrons. The van der Waals surface area contributed by atoms with Crippen LogP contribution in [0.15, 0.2) is 0 Å². The molecule has 0 atom stereocenters. The van der Waals surface area contributed by atoms with Gasteiger partial charge >= 0.3 is 5.97 Å². The Hall–Kier alpha value is -0.890. The maximum Gasteiger partial charge on any atom is 0.346 e. The minimum Gasteiger partial charge on any atom is -0.333 e. The highest BCUT2D eigenvalue weighted by Crippen LogP contribution is 1.84. The molecule has 0 aromatic rings. The van der Waals surface area contributed by atoms with Gasteiger partial charge in [0.1, 0.15) is 0 Å². The zero-order valence-corrected chi connectivity index (χ0v) is 3.83. The third kappa shape index (κ3) is 5.11. The number of hydrogen-bond donors (Lipinski definition) is 3. The molecule has 0 fully saturated rings. The van der Waals surface area contributed by atoms with Gasteiger partial charge in [-0.3, -0.25) is 4.79 Å². The summed E-state index contributed by atoms with van der Waals surface area (Å²) in [6.45, 7) is 0. The lowest BCUT2D eigenvalue weighted by molar-refractivity contribution is -0.265. The van der Waals surface area contributed by atoms with Crippen molar-refractivity contribution in [1.29, 1.82) is 0 Å². The first-order valence-corrected chi connectivity index (χ1v) is 1.70. The Morgan fingerprint density at radius 2 is 1.88 bits per heavy atom. The van der Waals surface area contributed by atoms with E-state index >= 15 is 0 Å². The standard InChI is InChI=1S/C4H4O4/c5-3-1-2-4(6,7)8/h3,6-8H. The van der Waals surface area contributed by atoms with Gasteiger partial charge in [0.25, 0.3) is 0 Å². The largest absolute Gasteiger partial charge is 0.346 e. The SMILES string of the molecule is O=CC#CC(O)(O)O. The number of aldehydes is 1.